The van der Waals surface area contributed by atoms with Gasteiger partial charge in [-0.15, -0.1) is 0 Å². The lowest BCUT2D eigenvalue weighted by Crippen LogP contribution is -2.52. The Labute approximate surface area is 115 Å². The maximum Gasteiger partial charge on any atom is 0.391 e. The molecule has 19 heavy (non-hydrogen) atoms. The molecule has 2 aromatic rings. The summed E-state index contributed by atoms with van der Waals surface area (Å²) in [5.74, 6) is 0. The first-order valence-electron chi connectivity index (χ1n) is 6.85. The van der Waals surface area contributed by atoms with Gasteiger partial charge in [-0.25, -0.2) is 0 Å². The van der Waals surface area contributed by atoms with E-state index in [0.29, 0.717) is 6.04 Å². The van der Waals surface area contributed by atoms with Crippen LogP contribution in [0.25, 0.3) is 0 Å². The van der Waals surface area contributed by atoms with Crippen molar-refractivity contribution in [1.82, 2.24) is 0 Å². The Morgan fingerprint density at radius 1 is 0.895 bits per heavy atom. The highest BCUT2D eigenvalue weighted by Crippen LogP contribution is 2.24. The third-order valence-corrected chi connectivity index (χ3v) is 3.67. The fourth-order valence-corrected chi connectivity index (χ4v) is 2.52. The second-order valence-electron chi connectivity index (χ2n) is 5.02. The van der Waals surface area contributed by atoms with Crippen LogP contribution in [0, 0.1) is 0 Å². The second kappa shape index (κ2) is 5.39. The summed E-state index contributed by atoms with van der Waals surface area (Å²) in [7, 11) is 2.23. The average Bonchev–Trinajstić information content (AvgIpc) is 2.49. The van der Waals surface area contributed by atoms with Gasteiger partial charge >= 0.3 is 7.55 Å². The van der Waals surface area contributed by atoms with Gasteiger partial charge in [-0.1, -0.05) is 36.4 Å². The SMILES string of the molecule is CC1CCN(c2ccccc2)[B]N1c1ccccc1. The normalized spacial score (nSPS) is 19.1. The van der Waals surface area contributed by atoms with E-state index in [0.717, 1.165) is 6.54 Å². The van der Waals surface area contributed by atoms with E-state index in [1.165, 1.54) is 17.8 Å². The first-order chi connectivity index (χ1) is 9.34. The van der Waals surface area contributed by atoms with Crippen LogP contribution in [0.2, 0.25) is 0 Å². The van der Waals surface area contributed by atoms with Gasteiger partial charge in [-0.05, 0) is 37.6 Å². The van der Waals surface area contributed by atoms with Crippen molar-refractivity contribution in [2.75, 3.05) is 16.2 Å². The predicted octanol–water partition coefficient (Wildman–Crippen LogP) is 3.33. The topological polar surface area (TPSA) is 6.48 Å². The molecule has 95 valence electrons. The maximum absolute atomic E-state index is 2.36. The van der Waals surface area contributed by atoms with Crippen LogP contribution < -0.4 is 9.62 Å². The standard InChI is InChI=1S/C16H18BN2/c1-14-12-13-18(15-8-4-2-5-9-15)17-19(14)16-10-6-3-7-11-16/h2-11,14H,12-13H2,1H3. The molecule has 1 aliphatic heterocycles. The quantitative estimate of drug-likeness (QED) is 0.753. The third-order valence-electron chi connectivity index (χ3n) is 3.67. The molecular formula is C16H18BN2. The Hall–Kier alpha value is -1.90. The molecule has 1 atom stereocenters. The molecule has 3 rings (SSSR count). The summed E-state index contributed by atoms with van der Waals surface area (Å²) in [6.07, 6.45) is 1.17. The van der Waals surface area contributed by atoms with Crippen LogP contribution >= 0.6 is 0 Å². The van der Waals surface area contributed by atoms with Gasteiger partial charge < -0.3 is 9.62 Å². The molecule has 1 saturated heterocycles. The third kappa shape index (κ3) is 2.60. The number of rotatable bonds is 2. The van der Waals surface area contributed by atoms with Crippen molar-refractivity contribution in [3.8, 4) is 0 Å². The van der Waals surface area contributed by atoms with Crippen LogP contribution in [-0.2, 0) is 0 Å². The molecule has 0 N–H and O–H groups in total. The Bertz CT molecular complexity index is 515. The van der Waals surface area contributed by atoms with Crippen LogP contribution in [0.1, 0.15) is 13.3 Å². The first-order valence-corrected chi connectivity index (χ1v) is 6.85. The van der Waals surface area contributed by atoms with Crippen molar-refractivity contribution < 1.29 is 0 Å². The van der Waals surface area contributed by atoms with Crippen molar-refractivity contribution in [2.45, 2.75) is 19.4 Å². The van der Waals surface area contributed by atoms with Gasteiger partial charge in [0.05, 0.1) is 0 Å². The van der Waals surface area contributed by atoms with Crippen molar-refractivity contribution in [2.24, 2.45) is 0 Å². The molecule has 1 aliphatic rings. The van der Waals surface area contributed by atoms with Gasteiger partial charge in [-0.3, -0.25) is 0 Å². The van der Waals surface area contributed by atoms with E-state index in [1.807, 2.05) is 0 Å². The summed E-state index contributed by atoms with van der Waals surface area (Å²) < 4.78 is 0. The summed E-state index contributed by atoms with van der Waals surface area (Å²) in [6, 6.07) is 21.7. The molecule has 1 unspecified atom stereocenters. The molecule has 1 radical (unpaired) electrons. The van der Waals surface area contributed by atoms with Gasteiger partial charge in [0.2, 0.25) is 0 Å². The highest BCUT2D eigenvalue weighted by Gasteiger charge is 2.26. The van der Waals surface area contributed by atoms with Crippen molar-refractivity contribution in [1.29, 1.82) is 0 Å². The molecule has 3 heteroatoms. The Morgan fingerprint density at radius 3 is 2.11 bits per heavy atom. The molecular weight excluding hydrogens is 231 g/mol. The van der Waals surface area contributed by atoms with Crippen molar-refractivity contribution in [3.63, 3.8) is 0 Å². The maximum atomic E-state index is 2.36. The Kier molecular flexibility index (Phi) is 3.45. The fraction of sp³-hybridized carbons (Fsp3) is 0.250. The molecule has 2 aromatic carbocycles. The van der Waals surface area contributed by atoms with Crippen LogP contribution in [-0.4, -0.2) is 20.1 Å². The minimum atomic E-state index is 0.544. The smallest absolute Gasteiger partial charge is 0.391 e. The zero-order chi connectivity index (χ0) is 13.1. The fourth-order valence-electron chi connectivity index (χ4n) is 2.52. The zero-order valence-corrected chi connectivity index (χ0v) is 11.2. The highest BCUT2D eigenvalue weighted by molar-refractivity contribution is 6.47. The van der Waals surface area contributed by atoms with Gasteiger partial charge in [0.25, 0.3) is 0 Å². The van der Waals surface area contributed by atoms with Crippen LogP contribution in [0.5, 0.6) is 0 Å². The van der Waals surface area contributed by atoms with Crippen molar-refractivity contribution >= 4 is 18.9 Å². The number of benzene rings is 2. The predicted molar refractivity (Wildman–Crippen MR) is 82.5 cm³/mol. The number of hydrogen-bond acceptors (Lipinski definition) is 2. The van der Waals surface area contributed by atoms with E-state index in [2.05, 4.69) is 84.8 Å². The van der Waals surface area contributed by atoms with Gasteiger partial charge in [0.15, 0.2) is 0 Å². The Balaban J connectivity index is 1.82. The zero-order valence-electron chi connectivity index (χ0n) is 11.2. The number of para-hydroxylation sites is 2. The number of nitrogens with zero attached hydrogens (tertiary/aromatic N) is 2. The van der Waals surface area contributed by atoms with Crippen LogP contribution in [0.15, 0.2) is 60.7 Å². The lowest BCUT2D eigenvalue weighted by molar-refractivity contribution is 0.643. The molecule has 0 saturated carbocycles. The van der Waals surface area contributed by atoms with Crippen molar-refractivity contribution in [3.05, 3.63) is 60.7 Å². The van der Waals surface area contributed by atoms with Crippen LogP contribution in [0.4, 0.5) is 11.4 Å². The molecule has 0 bridgehead atoms. The summed E-state index contributed by atoms with van der Waals surface area (Å²) in [4.78, 5) is 4.68. The number of anilines is 2. The lowest BCUT2D eigenvalue weighted by atomic mass is 9.91. The number of hydrogen-bond donors (Lipinski definition) is 0. The van der Waals surface area contributed by atoms with E-state index >= 15 is 0 Å². The largest absolute Gasteiger partial charge is 0.399 e. The molecule has 0 aliphatic carbocycles. The molecule has 1 fully saturated rings. The second-order valence-corrected chi connectivity index (χ2v) is 5.02. The van der Waals surface area contributed by atoms with Gasteiger partial charge in [-0.2, -0.15) is 0 Å². The van der Waals surface area contributed by atoms with Gasteiger partial charge in [0.1, 0.15) is 0 Å². The van der Waals surface area contributed by atoms with E-state index in [1.54, 1.807) is 0 Å². The summed E-state index contributed by atoms with van der Waals surface area (Å²) >= 11 is 0. The molecule has 0 spiro atoms. The monoisotopic (exact) mass is 249 g/mol. The molecule has 0 amide bonds. The van der Waals surface area contributed by atoms with E-state index in [9.17, 15) is 0 Å². The highest BCUT2D eigenvalue weighted by atomic mass is 15.2. The van der Waals surface area contributed by atoms with E-state index in [-0.39, 0.29) is 0 Å². The molecule has 1 heterocycles. The minimum absolute atomic E-state index is 0.544. The van der Waals surface area contributed by atoms with E-state index < -0.39 is 0 Å². The minimum Gasteiger partial charge on any atom is -0.399 e. The van der Waals surface area contributed by atoms with E-state index in [4.69, 9.17) is 0 Å². The lowest BCUT2D eigenvalue weighted by Gasteiger charge is -2.41. The summed E-state index contributed by atoms with van der Waals surface area (Å²) in [6.45, 7) is 3.36. The van der Waals surface area contributed by atoms with Gasteiger partial charge in [0, 0.05) is 24.0 Å². The average molecular weight is 249 g/mol. The molecule has 0 aromatic heterocycles. The summed E-state index contributed by atoms with van der Waals surface area (Å²) in [5, 5.41) is 0. The van der Waals surface area contributed by atoms with Crippen LogP contribution in [0.3, 0.4) is 0 Å². The summed E-state index contributed by atoms with van der Waals surface area (Å²) in [5.41, 5.74) is 2.52. The Morgan fingerprint density at radius 2 is 1.47 bits per heavy atom. The molecule has 2 nitrogen and oxygen atoms in total. The first kappa shape index (κ1) is 12.2.